The van der Waals surface area contributed by atoms with Crippen molar-refractivity contribution in [2.75, 3.05) is 0 Å². The Bertz CT molecular complexity index is 1280. The summed E-state index contributed by atoms with van der Waals surface area (Å²) in [7, 11) is 0. The summed E-state index contributed by atoms with van der Waals surface area (Å²) in [5, 5.41) is 0.391. The first-order chi connectivity index (χ1) is 13.6. The van der Waals surface area contributed by atoms with Gasteiger partial charge in [-0.2, -0.15) is 0 Å². The van der Waals surface area contributed by atoms with E-state index in [-0.39, 0.29) is 12.3 Å². The van der Waals surface area contributed by atoms with E-state index in [9.17, 15) is 14.4 Å². The lowest BCUT2D eigenvalue weighted by atomic mass is 10.1. The number of rotatable bonds is 4. The summed E-state index contributed by atoms with van der Waals surface area (Å²) in [5.41, 5.74) is 1.57. The standard InChI is InChI=1S/C23H18N2O3/c1-16-11-13-17(14-12-16)21(26)15-24-20-10-6-5-9-19(20)22(27)25(23(24)28)18-7-3-2-4-8-18/h2-14H,15H2,1H3. The molecule has 0 N–H and O–H groups in total. The number of hydrogen-bond acceptors (Lipinski definition) is 3. The molecule has 1 aromatic heterocycles. The zero-order valence-electron chi connectivity index (χ0n) is 15.3. The fourth-order valence-electron chi connectivity index (χ4n) is 3.25. The van der Waals surface area contributed by atoms with Crippen molar-refractivity contribution in [3.8, 4) is 5.69 Å². The van der Waals surface area contributed by atoms with Crippen molar-refractivity contribution in [1.29, 1.82) is 0 Å². The van der Waals surface area contributed by atoms with Crippen LogP contribution in [0.5, 0.6) is 0 Å². The zero-order chi connectivity index (χ0) is 19.7. The Morgan fingerprint density at radius 2 is 1.46 bits per heavy atom. The van der Waals surface area contributed by atoms with Gasteiger partial charge in [0.05, 0.1) is 23.1 Å². The summed E-state index contributed by atoms with van der Waals surface area (Å²) in [5.74, 6) is -0.189. The maximum Gasteiger partial charge on any atom is 0.336 e. The van der Waals surface area contributed by atoms with Crippen molar-refractivity contribution in [1.82, 2.24) is 9.13 Å². The number of fused-ring (bicyclic) bond motifs is 1. The van der Waals surface area contributed by atoms with Gasteiger partial charge in [0.1, 0.15) is 0 Å². The quantitative estimate of drug-likeness (QED) is 0.518. The molecular formula is C23H18N2O3. The van der Waals surface area contributed by atoms with Gasteiger partial charge in [0.25, 0.3) is 5.56 Å². The highest BCUT2D eigenvalue weighted by Gasteiger charge is 2.17. The van der Waals surface area contributed by atoms with Gasteiger partial charge in [0, 0.05) is 5.56 Å². The molecule has 0 spiro atoms. The van der Waals surface area contributed by atoms with Gasteiger partial charge in [0.15, 0.2) is 5.78 Å². The second-order valence-electron chi connectivity index (χ2n) is 6.65. The Kier molecular flexibility index (Phi) is 4.49. The van der Waals surface area contributed by atoms with E-state index in [2.05, 4.69) is 0 Å². The molecule has 0 saturated heterocycles. The maximum atomic E-state index is 13.2. The molecule has 0 fully saturated rings. The molecule has 0 aliphatic carbocycles. The van der Waals surface area contributed by atoms with Crippen LogP contribution in [0.1, 0.15) is 15.9 Å². The summed E-state index contributed by atoms with van der Waals surface area (Å²) >= 11 is 0. The predicted octanol–water partition coefficient (Wildman–Crippen LogP) is 3.34. The Labute approximate surface area is 161 Å². The third-order valence-electron chi connectivity index (χ3n) is 4.74. The van der Waals surface area contributed by atoms with Gasteiger partial charge in [-0.3, -0.25) is 14.2 Å². The Morgan fingerprint density at radius 1 is 0.821 bits per heavy atom. The molecule has 0 bridgehead atoms. The minimum absolute atomic E-state index is 0.143. The second-order valence-corrected chi connectivity index (χ2v) is 6.65. The molecule has 5 heteroatoms. The number of hydrogen-bond donors (Lipinski definition) is 0. The minimum Gasteiger partial charge on any atom is -0.292 e. The van der Waals surface area contributed by atoms with Crippen molar-refractivity contribution >= 4 is 16.7 Å². The van der Waals surface area contributed by atoms with Gasteiger partial charge >= 0.3 is 5.69 Å². The molecule has 0 radical (unpaired) electrons. The van der Waals surface area contributed by atoms with E-state index in [1.807, 2.05) is 25.1 Å². The van der Waals surface area contributed by atoms with E-state index in [4.69, 9.17) is 0 Å². The van der Waals surface area contributed by atoms with Gasteiger partial charge in [-0.15, -0.1) is 0 Å². The molecule has 5 nitrogen and oxygen atoms in total. The highest BCUT2D eigenvalue weighted by molar-refractivity contribution is 5.96. The molecule has 1 heterocycles. The fraction of sp³-hybridized carbons (Fsp3) is 0.0870. The number of ketones is 1. The van der Waals surface area contributed by atoms with Crippen LogP contribution in [0, 0.1) is 6.92 Å². The summed E-state index contributed by atoms with van der Waals surface area (Å²) in [6, 6.07) is 22.8. The number of aryl methyl sites for hydroxylation is 1. The van der Waals surface area contributed by atoms with Crippen molar-refractivity contribution in [2.45, 2.75) is 13.5 Å². The van der Waals surface area contributed by atoms with Crippen LogP contribution in [0.25, 0.3) is 16.6 Å². The highest BCUT2D eigenvalue weighted by Crippen LogP contribution is 2.12. The number of benzene rings is 3. The first-order valence-electron chi connectivity index (χ1n) is 8.96. The third-order valence-corrected chi connectivity index (χ3v) is 4.74. The molecule has 0 unspecified atom stereocenters. The van der Waals surface area contributed by atoms with Crippen molar-refractivity contribution in [2.24, 2.45) is 0 Å². The van der Waals surface area contributed by atoms with E-state index >= 15 is 0 Å². The van der Waals surface area contributed by atoms with Gasteiger partial charge < -0.3 is 0 Å². The van der Waals surface area contributed by atoms with Gasteiger partial charge in [-0.05, 0) is 31.2 Å². The predicted molar refractivity (Wildman–Crippen MR) is 109 cm³/mol. The average molecular weight is 370 g/mol. The SMILES string of the molecule is Cc1ccc(C(=O)Cn2c(=O)n(-c3ccccc3)c(=O)c3ccccc32)cc1. The molecular weight excluding hydrogens is 352 g/mol. The lowest BCUT2D eigenvalue weighted by Crippen LogP contribution is -2.40. The normalized spacial score (nSPS) is 10.9. The fourth-order valence-corrected chi connectivity index (χ4v) is 3.25. The van der Waals surface area contributed by atoms with Crippen LogP contribution < -0.4 is 11.2 Å². The van der Waals surface area contributed by atoms with E-state index < -0.39 is 11.2 Å². The Morgan fingerprint density at radius 3 is 2.18 bits per heavy atom. The summed E-state index contributed by atoms with van der Waals surface area (Å²) in [4.78, 5) is 39.0. The number of carbonyl (C=O) groups excluding carboxylic acids is 1. The number of aromatic nitrogens is 2. The molecule has 138 valence electrons. The Balaban J connectivity index is 1.93. The minimum atomic E-state index is -0.532. The van der Waals surface area contributed by atoms with Crippen LogP contribution in [0.15, 0.2) is 88.5 Å². The molecule has 0 aliphatic rings. The van der Waals surface area contributed by atoms with Crippen molar-refractivity contribution in [3.63, 3.8) is 0 Å². The lowest BCUT2D eigenvalue weighted by Gasteiger charge is -2.14. The number of para-hydroxylation sites is 2. The summed E-state index contributed by atoms with van der Waals surface area (Å²) < 4.78 is 2.48. The van der Waals surface area contributed by atoms with Crippen molar-refractivity contribution < 1.29 is 4.79 Å². The number of nitrogens with zero attached hydrogens (tertiary/aromatic N) is 2. The molecule has 0 atom stereocenters. The molecule has 28 heavy (non-hydrogen) atoms. The number of carbonyl (C=O) groups is 1. The van der Waals surface area contributed by atoms with Crippen LogP contribution >= 0.6 is 0 Å². The first kappa shape index (κ1) is 17.7. The van der Waals surface area contributed by atoms with E-state index in [1.165, 1.54) is 4.57 Å². The molecule has 4 aromatic rings. The van der Waals surface area contributed by atoms with E-state index in [1.54, 1.807) is 60.7 Å². The molecule has 0 aliphatic heterocycles. The molecule has 0 amide bonds. The van der Waals surface area contributed by atoms with Gasteiger partial charge in [0.2, 0.25) is 0 Å². The third kappa shape index (κ3) is 3.07. The second kappa shape index (κ2) is 7.12. The van der Waals surface area contributed by atoms with Crippen LogP contribution in [-0.2, 0) is 6.54 Å². The largest absolute Gasteiger partial charge is 0.336 e. The van der Waals surface area contributed by atoms with E-state index in [0.717, 1.165) is 10.1 Å². The highest BCUT2D eigenvalue weighted by atomic mass is 16.2. The Hall–Kier alpha value is -3.73. The van der Waals surface area contributed by atoms with Crippen molar-refractivity contribution in [3.05, 3.63) is 111 Å². The average Bonchev–Trinajstić information content (AvgIpc) is 2.72. The maximum absolute atomic E-state index is 13.2. The van der Waals surface area contributed by atoms with Crippen LogP contribution in [0.4, 0.5) is 0 Å². The van der Waals surface area contributed by atoms with Crippen LogP contribution in [0.3, 0.4) is 0 Å². The number of Topliss-reactive ketones (excluding diaryl/α,β-unsaturated/α-hetero) is 1. The molecule has 0 saturated carbocycles. The first-order valence-corrected chi connectivity index (χ1v) is 8.96. The topological polar surface area (TPSA) is 61.1 Å². The summed E-state index contributed by atoms with van der Waals surface area (Å²) in [6.45, 7) is 1.80. The zero-order valence-corrected chi connectivity index (χ0v) is 15.3. The van der Waals surface area contributed by atoms with Gasteiger partial charge in [-0.25, -0.2) is 9.36 Å². The van der Waals surface area contributed by atoms with E-state index in [0.29, 0.717) is 22.2 Å². The van der Waals surface area contributed by atoms with Crippen LogP contribution in [-0.4, -0.2) is 14.9 Å². The summed E-state index contributed by atoms with van der Waals surface area (Å²) in [6.07, 6.45) is 0. The molecule has 3 aromatic carbocycles. The lowest BCUT2D eigenvalue weighted by molar-refractivity contribution is 0.0971. The van der Waals surface area contributed by atoms with Gasteiger partial charge in [-0.1, -0.05) is 60.2 Å². The smallest absolute Gasteiger partial charge is 0.292 e. The monoisotopic (exact) mass is 370 g/mol. The van der Waals surface area contributed by atoms with Crippen LogP contribution in [0.2, 0.25) is 0 Å². The molecule has 4 rings (SSSR count).